The monoisotopic (exact) mass is 1030 g/mol. The Morgan fingerprint density at radius 1 is 0.863 bits per heavy atom. The number of aromatic nitrogens is 2. The topological polar surface area (TPSA) is 304 Å². The summed E-state index contributed by atoms with van der Waals surface area (Å²) >= 11 is 1.64. The van der Waals surface area contributed by atoms with Crippen LogP contribution in [0.25, 0.3) is 6.20 Å². The molecule has 0 radical (unpaired) electrons. The van der Waals surface area contributed by atoms with Gasteiger partial charge in [-0.1, -0.05) is 0 Å². The number of methoxy groups -OCH3 is 2. The van der Waals surface area contributed by atoms with Gasteiger partial charge in [-0.2, -0.15) is 20.9 Å². The highest BCUT2D eigenvalue weighted by Crippen LogP contribution is 2.31. The Hall–Kier alpha value is -7.75. The molecule has 0 spiro atoms. The maximum atomic E-state index is 12.8. The number of morpholine rings is 1. The highest BCUT2D eigenvalue weighted by Gasteiger charge is 2.17. The SMILES string of the molecule is COc1cc(N/C(O)=C\[n+]2cccc(CONCCSCCNC(=O)c3ccc[n+](COC=Nc4ccc(NNC(=O)C(=O)NCCO)c(OC)c4)c3)c2)ccc1N=NC(=O)C(=O)NCCCN1CCOCC1. The van der Waals surface area contributed by atoms with Crippen LogP contribution in [0.1, 0.15) is 22.3 Å². The third-order valence-corrected chi connectivity index (χ3v) is 11.0. The first kappa shape index (κ1) is 56.2. The molecule has 3 heterocycles. The van der Waals surface area contributed by atoms with E-state index in [4.69, 9.17) is 28.9 Å². The number of rotatable bonds is 28. The van der Waals surface area contributed by atoms with Crippen molar-refractivity contribution in [2.45, 2.75) is 19.8 Å². The minimum Gasteiger partial charge on any atom is -0.494 e. The summed E-state index contributed by atoms with van der Waals surface area (Å²) in [6.45, 7) is 5.20. The van der Waals surface area contributed by atoms with Crippen LogP contribution in [-0.4, -0.2) is 142 Å². The number of carbonyl (C=O) groups excluding carboxylic acids is 5. The van der Waals surface area contributed by atoms with Crippen LogP contribution in [0.5, 0.6) is 11.5 Å². The number of hydroxylamine groups is 1. The number of carbonyl (C=O) groups is 5. The average molecular weight is 1030 g/mol. The van der Waals surface area contributed by atoms with Gasteiger partial charge in [0.05, 0.1) is 52.0 Å². The van der Waals surface area contributed by atoms with Gasteiger partial charge in [0.15, 0.2) is 31.2 Å². The maximum Gasteiger partial charge on any atom is 0.353 e. The molecule has 5 amide bonds. The van der Waals surface area contributed by atoms with E-state index >= 15 is 0 Å². The first-order valence-electron chi connectivity index (χ1n) is 22.9. The number of hydrazine groups is 1. The van der Waals surface area contributed by atoms with Crippen LogP contribution in [0.4, 0.5) is 22.7 Å². The van der Waals surface area contributed by atoms with Gasteiger partial charge in [0.2, 0.25) is 6.20 Å². The Bertz CT molecular complexity index is 2550. The Morgan fingerprint density at radius 2 is 1.66 bits per heavy atom. The zero-order chi connectivity index (χ0) is 52.0. The Morgan fingerprint density at radius 3 is 2.47 bits per heavy atom. The van der Waals surface area contributed by atoms with Gasteiger partial charge >= 0.3 is 23.6 Å². The van der Waals surface area contributed by atoms with Gasteiger partial charge in [-0.15, -0.1) is 10.2 Å². The van der Waals surface area contributed by atoms with E-state index in [9.17, 15) is 29.1 Å². The lowest BCUT2D eigenvalue weighted by Gasteiger charge is -2.26. The molecule has 5 rings (SSSR count). The van der Waals surface area contributed by atoms with Crippen LogP contribution in [0.3, 0.4) is 0 Å². The van der Waals surface area contributed by atoms with Crippen molar-refractivity contribution in [2.24, 2.45) is 15.2 Å². The highest BCUT2D eigenvalue weighted by molar-refractivity contribution is 7.99. The van der Waals surface area contributed by atoms with E-state index in [1.165, 1.54) is 32.9 Å². The number of pyridine rings is 2. The molecular formula is C47H61N13O12S+2. The number of aliphatic hydroxyl groups is 2. The molecule has 25 nitrogen and oxygen atoms in total. The van der Waals surface area contributed by atoms with E-state index in [1.807, 2.05) is 12.1 Å². The number of azo groups is 1. The fourth-order valence-corrected chi connectivity index (χ4v) is 7.11. The number of aliphatic imine (C=N–C) groups is 1. The molecule has 1 aliphatic heterocycles. The summed E-state index contributed by atoms with van der Waals surface area (Å²) in [7, 11) is 2.85. The van der Waals surface area contributed by atoms with Crippen molar-refractivity contribution in [3.8, 4) is 11.5 Å². The van der Waals surface area contributed by atoms with Crippen molar-refractivity contribution in [2.75, 3.05) is 102 Å². The fourth-order valence-electron chi connectivity index (χ4n) is 6.43. The van der Waals surface area contributed by atoms with Crippen molar-refractivity contribution < 1.29 is 67.1 Å². The molecule has 4 aromatic rings. The second kappa shape index (κ2) is 31.6. The lowest BCUT2D eigenvalue weighted by Crippen LogP contribution is -2.43. The van der Waals surface area contributed by atoms with Crippen LogP contribution in [0.15, 0.2) is 107 Å². The number of aliphatic hydroxyl groups excluding tert-OH is 2. The zero-order valence-corrected chi connectivity index (χ0v) is 41.2. The van der Waals surface area contributed by atoms with E-state index in [0.29, 0.717) is 73.4 Å². The molecule has 9 N–H and O–H groups in total. The number of anilines is 2. The number of ether oxygens (including phenoxy) is 4. The van der Waals surface area contributed by atoms with Crippen LogP contribution in [-0.2, 0) is 46.8 Å². The average Bonchev–Trinajstić information content (AvgIpc) is 3.41. The Labute approximate surface area is 425 Å². The predicted octanol–water partition coefficient (Wildman–Crippen LogP) is 1.22. The van der Waals surface area contributed by atoms with Gasteiger partial charge in [-0.05, 0) is 49.4 Å². The molecule has 0 bridgehead atoms. The van der Waals surface area contributed by atoms with Gasteiger partial charge < -0.3 is 50.4 Å². The zero-order valence-electron chi connectivity index (χ0n) is 40.4. The van der Waals surface area contributed by atoms with E-state index in [1.54, 1.807) is 88.1 Å². The van der Waals surface area contributed by atoms with E-state index in [0.717, 1.165) is 31.0 Å². The minimum atomic E-state index is -1.03. The number of thioether (sulfide) groups is 1. The van der Waals surface area contributed by atoms with Gasteiger partial charge in [0, 0.05) is 86.3 Å². The number of hydrogen-bond acceptors (Lipinski definition) is 19. The van der Waals surface area contributed by atoms with Crippen LogP contribution < -0.4 is 56.2 Å². The summed E-state index contributed by atoms with van der Waals surface area (Å²) in [5, 5.41) is 37.5. The number of hydrogen-bond donors (Lipinski definition) is 9. The standard InChI is InChI=1S/C47H59N13O12S/c1-68-40-26-36(8-10-38(40)54-57-47(67)45(65)49-13-21-61)51-32-71-33-60-17-4-7-35(29-60)43(63)50-14-24-73-25-15-52-72-31-34-6-3-16-59(28-34)30-42(62)53-37-9-11-39(41(27-37)69-2)55-56-46(66)44(64)48-12-5-18-58-19-22-70-23-20-58/h3-4,6-11,16-17,26-30,32,52,61H,5,12-15,18-25,31,33H2,1-2H3,(H5-2,48,49,50,53,54,55,56,57,62,63,64,65,66,67)/p+2/b42-30+,51-32?. The quantitative estimate of drug-likeness (QED) is 0.00565. The third-order valence-electron chi connectivity index (χ3n) is 10.0. The number of nitrogens with zero attached hydrogens (tertiary/aromatic N) is 6. The summed E-state index contributed by atoms with van der Waals surface area (Å²) in [6.07, 6.45) is 10.3. The van der Waals surface area contributed by atoms with Gasteiger partial charge in [0.1, 0.15) is 22.7 Å². The molecule has 0 aliphatic carbocycles. The van der Waals surface area contributed by atoms with Crippen molar-refractivity contribution >= 4 is 76.6 Å². The Kier molecular flexibility index (Phi) is 24.3. The third kappa shape index (κ3) is 20.5. The summed E-state index contributed by atoms with van der Waals surface area (Å²) in [4.78, 5) is 73.0. The van der Waals surface area contributed by atoms with E-state index < -0.39 is 23.6 Å². The number of benzene rings is 2. The van der Waals surface area contributed by atoms with Gasteiger partial charge in [-0.3, -0.25) is 44.6 Å². The first-order chi connectivity index (χ1) is 35.5. The number of nitrogens with one attached hydrogen (secondary N) is 7. The molecule has 26 heteroatoms. The highest BCUT2D eigenvalue weighted by atomic mass is 32.2. The summed E-state index contributed by atoms with van der Waals surface area (Å²) in [5.41, 5.74) is 10.6. The van der Waals surface area contributed by atoms with Gasteiger partial charge in [0.25, 0.3) is 18.5 Å². The predicted molar refractivity (Wildman–Crippen MR) is 268 cm³/mol. The smallest absolute Gasteiger partial charge is 0.353 e. The molecule has 1 aliphatic rings. The molecule has 2 aromatic carbocycles. The van der Waals surface area contributed by atoms with Crippen molar-refractivity contribution in [1.82, 2.24) is 31.8 Å². The largest absolute Gasteiger partial charge is 0.494 e. The van der Waals surface area contributed by atoms with E-state index in [-0.39, 0.29) is 49.7 Å². The van der Waals surface area contributed by atoms with Gasteiger partial charge in [-0.25, -0.2) is 10.5 Å². The second-order valence-corrected chi connectivity index (χ2v) is 16.6. The molecular weight excluding hydrogens is 971 g/mol. The van der Waals surface area contributed by atoms with E-state index in [2.05, 4.69) is 57.7 Å². The van der Waals surface area contributed by atoms with Crippen LogP contribution in [0.2, 0.25) is 0 Å². The molecule has 390 valence electrons. The number of amides is 5. The normalized spacial score (nSPS) is 12.8. The van der Waals surface area contributed by atoms with Crippen molar-refractivity contribution in [1.29, 1.82) is 0 Å². The molecule has 0 saturated carbocycles. The molecule has 0 unspecified atom stereocenters. The summed E-state index contributed by atoms with van der Waals surface area (Å²) < 4.78 is 25.0. The Balaban J connectivity index is 0.935. The second-order valence-electron chi connectivity index (χ2n) is 15.4. The molecule has 1 fully saturated rings. The fraction of sp³-hybridized carbons (Fsp3) is 0.362. The van der Waals surface area contributed by atoms with Crippen LogP contribution >= 0.6 is 11.8 Å². The lowest BCUT2D eigenvalue weighted by molar-refractivity contribution is -0.726. The maximum absolute atomic E-state index is 12.8. The minimum absolute atomic E-state index is 0.0519. The summed E-state index contributed by atoms with van der Waals surface area (Å²) in [6, 6.07) is 16.6. The molecule has 1 saturated heterocycles. The molecule has 73 heavy (non-hydrogen) atoms. The van der Waals surface area contributed by atoms with Crippen molar-refractivity contribution in [3.63, 3.8) is 0 Å². The molecule has 0 atom stereocenters. The summed E-state index contributed by atoms with van der Waals surface area (Å²) in [5.74, 6) is -2.13. The first-order valence-corrected chi connectivity index (χ1v) is 24.1. The molecule has 2 aromatic heterocycles. The van der Waals surface area contributed by atoms with Crippen LogP contribution in [0, 0.1) is 0 Å². The lowest BCUT2D eigenvalue weighted by atomic mass is 10.2. The van der Waals surface area contributed by atoms with Crippen molar-refractivity contribution in [3.05, 3.63) is 102 Å².